The van der Waals surface area contributed by atoms with Gasteiger partial charge in [-0.15, -0.1) is 0 Å². The van der Waals surface area contributed by atoms with Gasteiger partial charge in [-0.2, -0.15) is 0 Å². The summed E-state index contributed by atoms with van der Waals surface area (Å²) in [5, 5.41) is 2.83. The third kappa shape index (κ3) is 6.77. The molecule has 1 amide bonds. The standard InChI is InChI=1S/C23H30N2O5/c1-5-25(6-2)13-14-30-23(27)17-7-10-19(11-8-17)24-22(26)15-18-9-12-20(28-3)16-21(18)29-4/h7-12,16H,5-6,13-15H2,1-4H3,(H,24,26). The summed E-state index contributed by atoms with van der Waals surface area (Å²) in [7, 11) is 3.13. The number of carbonyl (C=O) groups excluding carboxylic acids is 2. The zero-order valence-electron chi connectivity index (χ0n) is 18.1. The molecule has 162 valence electrons. The van der Waals surface area contributed by atoms with Crippen molar-refractivity contribution >= 4 is 17.6 Å². The Bertz CT molecular complexity index is 832. The molecule has 0 radical (unpaired) electrons. The molecule has 0 spiro atoms. The molecule has 0 fully saturated rings. The molecule has 0 aliphatic carbocycles. The summed E-state index contributed by atoms with van der Waals surface area (Å²) >= 11 is 0. The van der Waals surface area contributed by atoms with E-state index in [1.54, 1.807) is 56.7 Å². The summed E-state index contributed by atoms with van der Waals surface area (Å²) in [4.78, 5) is 26.7. The van der Waals surface area contributed by atoms with E-state index in [1.807, 2.05) is 0 Å². The molecular weight excluding hydrogens is 384 g/mol. The number of nitrogens with zero attached hydrogens (tertiary/aromatic N) is 1. The van der Waals surface area contributed by atoms with Crippen LogP contribution in [0.2, 0.25) is 0 Å². The fraction of sp³-hybridized carbons (Fsp3) is 0.391. The minimum atomic E-state index is -0.372. The van der Waals surface area contributed by atoms with Gasteiger partial charge in [0.1, 0.15) is 18.1 Å². The Kier molecular flexibility index (Phi) is 9.15. The molecule has 0 bridgehead atoms. The number of ether oxygens (including phenoxy) is 3. The molecule has 0 aromatic heterocycles. The third-order valence-corrected chi connectivity index (χ3v) is 4.78. The van der Waals surface area contributed by atoms with Gasteiger partial charge in [-0.1, -0.05) is 19.9 Å². The molecule has 0 saturated heterocycles. The van der Waals surface area contributed by atoms with Crippen LogP contribution in [0, 0.1) is 0 Å². The van der Waals surface area contributed by atoms with E-state index in [0.717, 1.165) is 18.7 Å². The molecule has 0 aliphatic heterocycles. The van der Waals surface area contributed by atoms with Gasteiger partial charge in [0.05, 0.1) is 26.2 Å². The number of amides is 1. The van der Waals surface area contributed by atoms with E-state index in [9.17, 15) is 9.59 Å². The van der Waals surface area contributed by atoms with Crippen molar-refractivity contribution in [3.8, 4) is 11.5 Å². The topological polar surface area (TPSA) is 77.1 Å². The first-order chi connectivity index (χ1) is 14.5. The number of anilines is 1. The van der Waals surface area contributed by atoms with Gasteiger partial charge >= 0.3 is 5.97 Å². The van der Waals surface area contributed by atoms with E-state index in [0.29, 0.717) is 35.9 Å². The summed E-state index contributed by atoms with van der Waals surface area (Å²) in [5.74, 6) is 0.693. The molecule has 0 saturated carbocycles. The lowest BCUT2D eigenvalue weighted by atomic mass is 10.1. The van der Waals surface area contributed by atoms with Crippen LogP contribution >= 0.6 is 0 Å². The van der Waals surface area contributed by atoms with Crippen molar-refractivity contribution in [2.75, 3.05) is 45.8 Å². The van der Waals surface area contributed by atoms with Gasteiger partial charge in [0.2, 0.25) is 5.91 Å². The van der Waals surface area contributed by atoms with Crippen LogP contribution in [-0.2, 0) is 16.0 Å². The molecule has 2 aromatic carbocycles. The number of hydrogen-bond donors (Lipinski definition) is 1. The smallest absolute Gasteiger partial charge is 0.338 e. The maximum atomic E-state index is 12.4. The van der Waals surface area contributed by atoms with Crippen LogP contribution in [0.3, 0.4) is 0 Å². The van der Waals surface area contributed by atoms with E-state index in [1.165, 1.54) is 0 Å². The Morgan fingerprint density at radius 2 is 1.67 bits per heavy atom. The number of likely N-dealkylation sites (N-methyl/N-ethyl adjacent to an activating group) is 1. The Balaban J connectivity index is 1.89. The van der Waals surface area contributed by atoms with Crippen molar-refractivity contribution in [1.29, 1.82) is 0 Å². The highest BCUT2D eigenvalue weighted by molar-refractivity contribution is 5.94. The minimum absolute atomic E-state index is 0.155. The molecule has 0 unspecified atom stereocenters. The number of esters is 1. The van der Waals surface area contributed by atoms with E-state index in [-0.39, 0.29) is 18.3 Å². The summed E-state index contributed by atoms with van der Waals surface area (Å²) in [6.45, 7) is 7.05. The Morgan fingerprint density at radius 1 is 0.967 bits per heavy atom. The largest absolute Gasteiger partial charge is 0.497 e. The normalized spacial score (nSPS) is 10.6. The first-order valence-electron chi connectivity index (χ1n) is 10.0. The lowest BCUT2D eigenvalue weighted by molar-refractivity contribution is -0.115. The van der Waals surface area contributed by atoms with E-state index < -0.39 is 0 Å². The Morgan fingerprint density at radius 3 is 2.27 bits per heavy atom. The Labute approximate surface area is 177 Å². The van der Waals surface area contributed by atoms with Crippen LogP contribution in [0.4, 0.5) is 5.69 Å². The highest BCUT2D eigenvalue weighted by atomic mass is 16.5. The summed E-state index contributed by atoms with van der Waals surface area (Å²) in [6, 6.07) is 12.0. The van der Waals surface area contributed by atoms with Gasteiger partial charge in [0.25, 0.3) is 0 Å². The van der Waals surface area contributed by atoms with Crippen molar-refractivity contribution in [1.82, 2.24) is 4.90 Å². The molecule has 1 N–H and O–H groups in total. The van der Waals surface area contributed by atoms with Gasteiger partial charge in [-0.25, -0.2) is 4.79 Å². The van der Waals surface area contributed by atoms with E-state index >= 15 is 0 Å². The van der Waals surface area contributed by atoms with E-state index in [2.05, 4.69) is 24.1 Å². The number of rotatable bonds is 11. The van der Waals surface area contributed by atoms with Crippen LogP contribution in [0.1, 0.15) is 29.8 Å². The number of methoxy groups -OCH3 is 2. The first-order valence-corrected chi connectivity index (χ1v) is 10.0. The highest BCUT2D eigenvalue weighted by Crippen LogP contribution is 2.25. The number of benzene rings is 2. The zero-order valence-corrected chi connectivity index (χ0v) is 18.1. The van der Waals surface area contributed by atoms with Crippen molar-refractivity contribution < 1.29 is 23.8 Å². The van der Waals surface area contributed by atoms with Gasteiger partial charge in [-0.3, -0.25) is 4.79 Å². The third-order valence-electron chi connectivity index (χ3n) is 4.78. The maximum Gasteiger partial charge on any atom is 0.338 e. The average molecular weight is 415 g/mol. The maximum absolute atomic E-state index is 12.4. The second-order valence-electron chi connectivity index (χ2n) is 6.64. The minimum Gasteiger partial charge on any atom is -0.497 e. The summed E-state index contributed by atoms with van der Waals surface area (Å²) < 4.78 is 15.8. The van der Waals surface area contributed by atoms with Crippen LogP contribution in [0.15, 0.2) is 42.5 Å². The van der Waals surface area contributed by atoms with Crippen molar-refractivity contribution in [3.63, 3.8) is 0 Å². The number of hydrogen-bond acceptors (Lipinski definition) is 6. The lowest BCUT2D eigenvalue weighted by Crippen LogP contribution is -2.27. The molecular formula is C23H30N2O5. The van der Waals surface area contributed by atoms with E-state index in [4.69, 9.17) is 14.2 Å². The van der Waals surface area contributed by atoms with Gasteiger partial charge < -0.3 is 24.4 Å². The lowest BCUT2D eigenvalue weighted by Gasteiger charge is -2.17. The van der Waals surface area contributed by atoms with Crippen LogP contribution < -0.4 is 14.8 Å². The molecule has 30 heavy (non-hydrogen) atoms. The molecule has 7 nitrogen and oxygen atoms in total. The Hall–Kier alpha value is -3.06. The number of nitrogens with one attached hydrogen (secondary N) is 1. The quantitative estimate of drug-likeness (QED) is 0.568. The molecule has 2 rings (SSSR count). The monoisotopic (exact) mass is 414 g/mol. The average Bonchev–Trinajstić information content (AvgIpc) is 2.77. The van der Waals surface area contributed by atoms with Gasteiger partial charge in [-0.05, 0) is 43.4 Å². The molecule has 0 aliphatic rings. The van der Waals surface area contributed by atoms with Crippen LogP contribution in [0.5, 0.6) is 11.5 Å². The van der Waals surface area contributed by atoms with Crippen molar-refractivity contribution in [3.05, 3.63) is 53.6 Å². The predicted molar refractivity (Wildman–Crippen MR) is 116 cm³/mol. The fourth-order valence-electron chi connectivity index (χ4n) is 2.96. The van der Waals surface area contributed by atoms with Gasteiger partial charge in [0.15, 0.2) is 0 Å². The predicted octanol–water partition coefficient (Wildman–Crippen LogP) is 3.38. The molecule has 0 heterocycles. The molecule has 2 aromatic rings. The fourth-order valence-corrected chi connectivity index (χ4v) is 2.96. The summed E-state index contributed by atoms with van der Waals surface area (Å²) in [5.41, 5.74) is 1.81. The van der Waals surface area contributed by atoms with Gasteiger partial charge in [0, 0.05) is 23.9 Å². The second-order valence-corrected chi connectivity index (χ2v) is 6.64. The van der Waals surface area contributed by atoms with Crippen molar-refractivity contribution in [2.24, 2.45) is 0 Å². The van der Waals surface area contributed by atoms with Crippen LogP contribution in [0.25, 0.3) is 0 Å². The summed E-state index contributed by atoms with van der Waals surface area (Å²) in [6.07, 6.45) is 0.155. The zero-order chi connectivity index (χ0) is 21.9. The van der Waals surface area contributed by atoms with Crippen LogP contribution in [-0.4, -0.2) is 57.2 Å². The molecule has 0 atom stereocenters. The SMILES string of the molecule is CCN(CC)CCOC(=O)c1ccc(NC(=O)Cc2ccc(OC)cc2OC)cc1. The second kappa shape index (κ2) is 11.8. The number of carbonyl (C=O) groups is 2. The van der Waals surface area contributed by atoms with Crippen molar-refractivity contribution in [2.45, 2.75) is 20.3 Å². The first kappa shape index (κ1) is 23.2. The highest BCUT2D eigenvalue weighted by Gasteiger charge is 2.12. The molecule has 7 heteroatoms.